The van der Waals surface area contributed by atoms with Gasteiger partial charge in [-0.15, -0.1) is 0 Å². The lowest BCUT2D eigenvalue weighted by atomic mass is 9.75. The maximum absolute atomic E-state index is 9.10. The Bertz CT molecular complexity index is 458. The molecule has 0 bridgehead atoms. The highest BCUT2D eigenvalue weighted by molar-refractivity contribution is 6.74. The highest BCUT2D eigenvalue weighted by Crippen LogP contribution is 2.41. The predicted molar refractivity (Wildman–Crippen MR) is 133 cm³/mol. The van der Waals surface area contributed by atoms with Crippen molar-refractivity contribution in [1.29, 1.82) is 0 Å². The summed E-state index contributed by atoms with van der Waals surface area (Å²) >= 11 is 0. The summed E-state index contributed by atoms with van der Waals surface area (Å²) in [5.74, 6) is 2.25. The van der Waals surface area contributed by atoms with Crippen LogP contribution in [-0.2, 0) is 8.85 Å². The Morgan fingerprint density at radius 2 is 0.867 bits per heavy atom. The highest BCUT2D eigenvalue weighted by Gasteiger charge is 2.40. The van der Waals surface area contributed by atoms with Crippen molar-refractivity contribution < 1.29 is 19.1 Å². The molecule has 0 aromatic heterocycles. The molecule has 30 heavy (non-hydrogen) atoms. The first-order valence-electron chi connectivity index (χ1n) is 12.1. The molecule has 4 atom stereocenters. The van der Waals surface area contributed by atoms with E-state index in [1.807, 2.05) is 0 Å². The summed E-state index contributed by atoms with van der Waals surface area (Å²) < 4.78 is 12.3. The molecule has 0 spiro atoms. The normalized spacial score (nSPS) is 27.6. The molecule has 0 heterocycles. The first-order valence-corrected chi connectivity index (χ1v) is 17.9. The fourth-order valence-corrected chi connectivity index (χ4v) is 5.39. The summed E-state index contributed by atoms with van der Waals surface area (Å²) in [6, 6.07) is 0. The van der Waals surface area contributed by atoms with Gasteiger partial charge < -0.3 is 19.1 Å². The van der Waals surface area contributed by atoms with Gasteiger partial charge >= 0.3 is 0 Å². The number of hydrogen-bond acceptors (Lipinski definition) is 4. The van der Waals surface area contributed by atoms with Crippen molar-refractivity contribution in [3.63, 3.8) is 0 Å². The topological polar surface area (TPSA) is 58.9 Å². The van der Waals surface area contributed by atoms with E-state index in [2.05, 4.69) is 67.7 Å². The van der Waals surface area contributed by atoms with Crippen LogP contribution in [0.4, 0.5) is 0 Å². The molecule has 2 N–H and O–H groups in total. The van der Waals surface area contributed by atoms with E-state index in [1.165, 1.54) is 25.7 Å². The van der Waals surface area contributed by atoms with Gasteiger partial charge in [0.15, 0.2) is 16.6 Å². The van der Waals surface area contributed by atoms with Crippen LogP contribution in [0.3, 0.4) is 0 Å². The van der Waals surface area contributed by atoms with E-state index in [0.717, 1.165) is 13.2 Å². The highest BCUT2D eigenvalue weighted by atomic mass is 28.4. The minimum Gasteiger partial charge on any atom is -0.417 e. The first kappa shape index (κ1) is 28.3. The third-order valence-corrected chi connectivity index (χ3v) is 17.5. The van der Waals surface area contributed by atoms with Crippen molar-refractivity contribution in [3.05, 3.63) is 0 Å². The van der Waals surface area contributed by atoms with Gasteiger partial charge in [0.25, 0.3) is 0 Å². The van der Waals surface area contributed by atoms with E-state index in [0.29, 0.717) is 47.0 Å². The fourth-order valence-electron chi connectivity index (χ4n) is 3.26. The molecule has 0 radical (unpaired) electrons. The molecule has 2 fully saturated rings. The molecule has 0 amide bonds. The lowest BCUT2D eigenvalue weighted by Crippen LogP contribution is -2.44. The molecule has 180 valence electrons. The van der Waals surface area contributed by atoms with Crippen molar-refractivity contribution in [1.82, 2.24) is 0 Å². The quantitative estimate of drug-likeness (QED) is 0.433. The second kappa shape index (κ2) is 10.9. The van der Waals surface area contributed by atoms with Crippen LogP contribution in [0.15, 0.2) is 0 Å². The van der Waals surface area contributed by atoms with Gasteiger partial charge in [0, 0.05) is 26.4 Å². The molecule has 0 saturated heterocycles. The molecule has 6 heteroatoms. The van der Waals surface area contributed by atoms with Crippen LogP contribution >= 0.6 is 0 Å². The number of aliphatic hydroxyl groups is 2. The van der Waals surface area contributed by atoms with Crippen LogP contribution in [0.1, 0.15) is 67.2 Å². The van der Waals surface area contributed by atoms with Crippen molar-refractivity contribution in [2.24, 2.45) is 23.7 Å². The average molecular weight is 461 g/mol. The Morgan fingerprint density at radius 3 is 1.03 bits per heavy atom. The molecular weight excluding hydrogens is 408 g/mol. The van der Waals surface area contributed by atoms with E-state index in [-0.39, 0.29) is 0 Å². The van der Waals surface area contributed by atoms with Crippen molar-refractivity contribution in [2.75, 3.05) is 26.4 Å². The van der Waals surface area contributed by atoms with Crippen molar-refractivity contribution >= 4 is 16.6 Å². The Hall–Kier alpha value is 0.274. The van der Waals surface area contributed by atoms with Crippen LogP contribution in [0.5, 0.6) is 0 Å². The van der Waals surface area contributed by atoms with Crippen molar-refractivity contribution in [2.45, 2.75) is 103 Å². The molecule has 0 aromatic rings. The molecule has 2 aliphatic rings. The Morgan fingerprint density at radius 1 is 0.600 bits per heavy atom. The molecule has 2 saturated carbocycles. The summed E-state index contributed by atoms with van der Waals surface area (Å²) in [5, 5.41) is 18.8. The van der Waals surface area contributed by atoms with Gasteiger partial charge in [0.1, 0.15) is 0 Å². The van der Waals surface area contributed by atoms with E-state index >= 15 is 0 Å². The lowest BCUT2D eigenvalue weighted by Gasteiger charge is -2.41. The summed E-state index contributed by atoms with van der Waals surface area (Å²) in [6.07, 6.45) is 4.84. The summed E-state index contributed by atoms with van der Waals surface area (Å²) in [4.78, 5) is 0. The largest absolute Gasteiger partial charge is 0.417 e. The van der Waals surface area contributed by atoms with Crippen LogP contribution in [0.25, 0.3) is 0 Å². The lowest BCUT2D eigenvalue weighted by molar-refractivity contribution is 0.0496. The van der Waals surface area contributed by atoms with Gasteiger partial charge in [-0.3, -0.25) is 0 Å². The molecule has 0 aromatic carbocycles. The predicted octanol–water partition coefficient (Wildman–Crippen LogP) is 6.05. The number of rotatable bonds is 8. The molecule has 4 nitrogen and oxygen atoms in total. The third kappa shape index (κ3) is 7.70. The summed E-state index contributed by atoms with van der Waals surface area (Å²) in [5.41, 5.74) is 0. The van der Waals surface area contributed by atoms with Crippen LogP contribution in [0.2, 0.25) is 36.3 Å². The van der Waals surface area contributed by atoms with Gasteiger partial charge in [-0.1, -0.05) is 41.5 Å². The van der Waals surface area contributed by atoms with E-state index in [4.69, 9.17) is 19.1 Å². The van der Waals surface area contributed by atoms with Crippen LogP contribution in [-0.4, -0.2) is 53.3 Å². The smallest absolute Gasteiger partial charge is 0.191 e. The standard InChI is InChI=1S/2C12H26O2Si/c2*1-12(2,3)15(4,5)14-9-11-7-6-10(11)8-13/h2*10-11,13H,6-9H2,1-5H3/t2*10-,11-/m10/s1. The average Bonchev–Trinajstić information content (AvgIpc) is 2.52. The first-order chi connectivity index (χ1) is 13.6. The monoisotopic (exact) mass is 460 g/mol. The minimum absolute atomic E-state index is 0.297. The van der Waals surface area contributed by atoms with Crippen LogP contribution < -0.4 is 0 Å². The number of hydrogen-bond donors (Lipinski definition) is 2. The third-order valence-electron chi connectivity index (χ3n) is 8.55. The minimum atomic E-state index is -1.57. The zero-order chi connectivity index (χ0) is 23.4. The maximum atomic E-state index is 9.10. The van der Waals surface area contributed by atoms with Crippen molar-refractivity contribution in [3.8, 4) is 0 Å². The second-order valence-electron chi connectivity index (χ2n) is 12.7. The van der Waals surface area contributed by atoms with Gasteiger partial charge in [-0.2, -0.15) is 0 Å². The van der Waals surface area contributed by atoms with Gasteiger partial charge in [-0.05, 0) is 85.6 Å². The maximum Gasteiger partial charge on any atom is 0.191 e. The van der Waals surface area contributed by atoms with Gasteiger partial charge in [-0.25, -0.2) is 0 Å². The molecule has 0 aliphatic heterocycles. The Labute approximate surface area is 189 Å². The zero-order valence-corrected chi connectivity index (χ0v) is 23.7. The van der Waals surface area contributed by atoms with E-state index in [1.54, 1.807) is 0 Å². The Kier molecular flexibility index (Phi) is 10.3. The molecule has 2 rings (SSSR count). The van der Waals surface area contributed by atoms with E-state index < -0.39 is 16.6 Å². The van der Waals surface area contributed by atoms with E-state index in [9.17, 15) is 0 Å². The molecule has 2 aliphatic carbocycles. The summed E-state index contributed by atoms with van der Waals surface area (Å²) in [6.45, 7) is 25.2. The summed E-state index contributed by atoms with van der Waals surface area (Å²) in [7, 11) is -3.15. The second-order valence-corrected chi connectivity index (χ2v) is 22.3. The molecular formula is C24H52O4Si2. The van der Waals surface area contributed by atoms with Crippen LogP contribution in [0, 0.1) is 23.7 Å². The number of aliphatic hydroxyl groups excluding tert-OH is 2. The molecule has 0 unspecified atom stereocenters. The fraction of sp³-hybridized carbons (Fsp3) is 1.00. The Balaban J connectivity index is 0.000000300. The van der Waals surface area contributed by atoms with Gasteiger partial charge in [0.05, 0.1) is 0 Å². The zero-order valence-electron chi connectivity index (χ0n) is 21.7. The SMILES string of the molecule is CC(C)(C)[Si](C)(C)OC[C@@H]1CC[C@H]1CO.CC(C)(C)[Si](C)(C)OC[C@H]1CC[C@@H]1CO. The van der Waals surface area contributed by atoms with Gasteiger partial charge in [0.2, 0.25) is 0 Å².